The van der Waals surface area contributed by atoms with Crippen LogP contribution in [0.3, 0.4) is 0 Å². The molecule has 1 aromatic heterocycles. The Morgan fingerprint density at radius 1 is 0.955 bits per heavy atom. The maximum atomic E-state index is 12.3. The van der Waals surface area contributed by atoms with Gasteiger partial charge in [-0.2, -0.15) is 0 Å². The molecule has 0 bridgehead atoms. The van der Waals surface area contributed by atoms with E-state index >= 15 is 0 Å². The summed E-state index contributed by atoms with van der Waals surface area (Å²) in [7, 11) is 0. The highest BCUT2D eigenvalue weighted by molar-refractivity contribution is 5.90. The van der Waals surface area contributed by atoms with Gasteiger partial charge in [0.05, 0.1) is 0 Å². The van der Waals surface area contributed by atoms with Gasteiger partial charge in [-0.1, -0.05) is 0 Å². The van der Waals surface area contributed by atoms with Gasteiger partial charge in [-0.05, 0) is 31.2 Å². The Bertz CT molecular complexity index is 938. The summed E-state index contributed by atoms with van der Waals surface area (Å²) < 4.78 is 5.54. The summed E-state index contributed by atoms with van der Waals surface area (Å²) in [5, 5.41) is 38.7. The molecule has 6 nitrogen and oxygen atoms in total. The number of aromatic hydroxyl groups is 4. The van der Waals surface area contributed by atoms with Crippen molar-refractivity contribution in [3.8, 4) is 34.3 Å². The van der Waals surface area contributed by atoms with Crippen molar-refractivity contribution in [2.75, 3.05) is 0 Å². The van der Waals surface area contributed by atoms with Crippen LogP contribution in [0.25, 0.3) is 22.3 Å². The average molecular weight is 300 g/mol. The smallest absolute Gasteiger partial charge is 0.238 e. The molecule has 0 amide bonds. The standard InChI is InChI=1S/C16H12O6/c1-7-10(18)6-11(19)12-13(20)14(21)16(22-15(7)12)8-2-4-9(17)5-3-8/h2-6,17-19,21H,1H3. The monoisotopic (exact) mass is 300 g/mol. The van der Waals surface area contributed by atoms with E-state index < -0.39 is 16.9 Å². The number of benzene rings is 2. The highest BCUT2D eigenvalue weighted by Gasteiger charge is 2.20. The van der Waals surface area contributed by atoms with Gasteiger partial charge in [0.15, 0.2) is 5.76 Å². The normalized spacial score (nSPS) is 11.0. The summed E-state index contributed by atoms with van der Waals surface area (Å²) in [6.45, 7) is 1.53. The van der Waals surface area contributed by atoms with Crippen molar-refractivity contribution in [3.05, 3.63) is 46.1 Å². The van der Waals surface area contributed by atoms with Gasteiger partial charge in [0, 0.05) is 17.2 Å². The maximum absolute atomic E-state index is 12.3. The van der Waals surface area contributed by atoms with Crippen LogP contribution in [0.4, 0.5) is 0 Å². The van der Waals surface area contributed by atoms with E-state index in [1.165, 1.54) is 31.2 Å². The Morgan fingerprint density at radius 2 is 1.59 bits per heavy atom. The van der Waals surface area contributed by atoms with Gasteiger partial charge >= 0.3 is 0 Å². The minimum atomic E-state index is -0.801. The van der Waals surface area contributed by atoms with Gasteiger partial charge in [-0.15, -0.1) is 0 Å². The molecule has 112 valence electrons. The number of phenolic OH excluding ortho intramolecular Hbond substituents is 3. The lowest BCUT2D eigenvalue weighted by molar-refractivity contribution is 0.436. The topological polar surface area (TPSA) is 111 Å². The molecule has 1 heterocycles. The van der Waals surface area contributed by atoms with Gasteiger partial charge in [0.2, 0.25) is 11.2 Å². The predicted octanol–water partition coefficient (Wildman–Crippen LogP) is 2.59. The van der Waals surface area contributed by atoms with Crippen molar-refractivity contribution in [1.82, 2.24) is 0 Å². The fraction of sp³-hybridized carbons (Fsp3) is 0.0625. The van der Waals surface area contributed by atoms with Crippen molar-refractivity contribution in [3.63, 3.8) is 0 Å². The molecule has 0 fully saturated rings. The summed E-state index contributed by atoms with van der Waals surface area (Å²) in [6, 6.07) is 6.72. The van der Waals surface area contributed by atoms with Crippen LogP contribution in [0.15, 0.2) is 39.5 Å². The molecule has 3 aromatic rings. The number of fused-ring (bicyclic) bond motifs is 1. The Balaban J connectivity index is 2.43. The van der Waals surface area contributed by atoms with Crippen molar-refractivity contribution >= 4 is 11.0 Å². The Morgan fingerprint density at radius 3 is 2.23 bits per heavy atom. The van der Waals surface area contributed by atoms with E-state index in [1.807, 2.05) is 0 Å². The predicted molar refractivity (Wildman–Crippen MR) is 79.3 cm³/mol. The van der Waals surface area contributed by atoms with Gasteiger partial charge in [0.25, 0.3) is 0 Å². The number of phenols is 3. The van der Waals surface area contributed by atoms with Crippen molar-refractivity contribution < 1.29 is 24.8 Å². The number of rotatable bonds is 1. The summed E-state index contributed by atoms with van der Waals surface area (Å²) in [5.41, 5.74) is -0.172. The Labute approximate surface area is 124 Å². The molecule has 0 saturated carbocycles. The van der Waals surface area contributed by atoms with Crippen LogP contribution in [-0.2, 0) is 0 Å². The third-order valence-electron chi connectivity index (χ3n) is 3.47. The van der Waals surface area contributed by atoms with Gasteiger partial charge in [-0.25, -0.2) is 0 Å². The molecule has 0 radical (unpaired) electrons. The zero-order valence-corrected chi connectivity index (χ0v) is 11.5. The first kappa shape index (κ1) is 13.8. The molecule has 2 aromatic carbocycles. The lowest BCUT2D eigenvalue weighted by atomic mass is 10.1. The van der Waals surface area contributed by atoms with E-state index in [-0.39, 0.29) is 33.8 Å². The summed E-state index contributed by atoms with van der Waals surface area (Å²) in [6.07, 6.45) is 0. The fourth-order valence-electron chi connectivity index (χ4n) is 2.26. The van der Waals surface area contributed by atoms with Crippen LogP contribution in [0.5, 0.6) is 23.0 Å². The lowest BCUT2D eigenvalue weighted by Gasteiger charge is -2.10. The van der Waals surface area contributed by atoms with E-state index in [1.54, 1.807) is 0 Å². The van der Waals surface area contributed by atoms with Crippen molar-refractivity contribution in [1.29, 1.82) is 0 Å². The highest BCUT2D eigenvalue weighted by atomic mass is 16.4. The van der Waals surface area contributed by atoms with Gasteiger partial charge < -0.3 is 24.8 Å². The summed E-state index contributed by atoms with van der Waals surface area (Å²) in [5.74, 6) is -1.43. The van der Waals surface area contributed by atoms with Crippen LogP contribution in [0, 0.1) is 6.92 Å². The van der Waals surface area contributed by atoms with Crippen molar-refractivity contribution in [2.45, 2.75) is 6.92 Å². The molecule has 4 N–H and O–H groups in total. The summed E-state index contributed by atoms with van der Waals surface area (Å²) in [4.78, 5) is 12.3. The highest BCUT2D eigenvalue weighted by Crippen LogP contribution is 2.37. The third kappa shape index (κ3) is 1.93. The molecule has 0 aliphatic carbocycles. The lowest BCUT2D eigenvalue weighted by Crippen LogP contribution is -2.04. The number of hydrogen-bond donors (Lipinski definition) is 4. The van der Waals surface area contributed by atoms with E-state index in [4.69, 9.17) is 4.42 Å². The molecule has 3 rings (SSSR count). The largest absolute Gasteiger partial charge is 0.508 e. The zero-order chi connectivity index (χ0) is 16.0. The second kappa shape index (κ2) is 4.70. The van der Waals surface area contributed by atoms with Crippen LogP contribution in [0.1, 0.15) is 5.56 Å². The average Bonchev–Trinajstić information content (AvgIpc) is 2.48. The van der Waals surface area contributed by atoms with Crippen LogP contribution >= 0.6 is 0 Å². The molecule has 0 aliphatic heterocycles. The first-order valence-electron chi connectivity index (χ1n) is 6.41. The van der Waals surface area contributed by atoms with Crippen LogP contribution < -0.4 is 5.43 Å². The van der Waals surface area contributed by atoms with E-state index in [0.29, 0.717) is 5.56 Å². The van der Waals surface area contributed by atoms with Crippen LogP contribution in [-0.4, -0.2) is 20.4 Å². The second-order valence-corrected chi connectivity index (χ2v) is 4.90. The first-order valence-corrected chi connectivity index (χ1v) is 6.41. The second-order valence-electron chi connectivity index (χ2n) is 4.90. The maximum Gasteiger partial charge on any atom is 0.238 e. The molecular weight excluding hydrogens is 288 g/mol. The minimum absolute atomic E-state index is 0.0108. The molecule has 0 aliphatic rings. The van der Waals surface area contributed by atoms with Gasteiger partial charge in [0.1, 0.15) is 28.2 Å². The van der Waals surface area contributed by atoms with Gasteiger partial charge in [-0.3, -0.25) is 4.79 Å². The molecule has 22 heavy (non-hydrogen) atoms. The van der Waals surface area contributed by atoms with E-state index in [2.05, 4.69) is 0 Å². The third-order valence-corrected chi connectivity index (χ3v) is 3.47. The van der Waals surface area contributed by atoms with Crippen LogP contribution in [0.2, 0.25) is 0 Å². The quantitative estimate of drug-likeness (QED) is 0.549. The van der Waals surface area contributed by atoms with E-state index in [9.17, 15) is 25.2 Å². The molecule has 0 unspecified atom stereocenters. The summed E-state index contributed by atoms with van der Waals surface area (Å²) >= 11 is 0. The molecule has 0 saturated heterocycles. The molecule has 6 heteroatoms. The minimum Gasteiger partial charge on any atom is -0.508 e. The zero-order valence-electron chi connectivity index (χ0n) is 11.5. The SMILES string of the molecule is Cc1c(O)cc(O)c2c(=O)c(O)c(-c3ccc(O)cc3)oc12. The number of hydrogen-bond acceptors (Lipinski definition) is 6. The fourth-order valence-corrected chi connectivity index (χ4v) is 2.26. The molecule has 0 spiro atoms. The Hall–Kier alpha value is -3.15. The van der Waals surface area contributed by atoms with E-state index in [0.717, 1.165) is 6.07 Å². The molecular formula is C16H12O6. The first-order chi connectivity index (χ1) is 10.4. The number of aryl methyl sites for hydroxylation is 1. The van der Waals surface area contributed by atoms with Crippen molar-refractivity contribution in [2.24, 2.45) is 0 Å². The Kier molecular flexibility index (Phi) is 2.95. The molecule has 0 atom stereocenters.